The van der Waals surface area contributed by atoms with E-state index in [1.807, 2.05) is 0 Å². The molecule has 7 rings (SSSR count). The third-order valence-corrected chi connectivity index (χ3v) is 9.66. The van der Waals surface area contributed by atoms with Crippen molar-refractivity contribution in [1.82, 2.24) is 0 Å². The predicted octanol–water partition coefficient (Wildman–Crippen LogP) is 4.45. The average molecular weight is 833 g/mol. The fourth-order valence-corrected chi connectivity index (χ4v) is 6.52. The lowest BCUT2D eigenvalue weighted by atomic mass is 9.96. The number of hydrogen-bond acceptors (Lipinski definition) is 15. The smallest absolute Gasteiger partial charge is 0.340 e. The van der Waals surface area contributed by atoms with E-state index >= 15 is 0 Å². The largest absolute Gasteiger partial charge is 0.459 e. The number of rotatable bonds is 13. The zero-order valence-corrected chi connectivity index (χ0v) is 32.2. The average Bonchev–Trinajstić information content (AvgIpc) is 3.30. The van der Waals surface area contributed by atoms with Gasteiger partial charge in [0.15, 0.2) is 30.7 Å². The molecule has 2 N–H and O–H groups in total. The van der Waals surface area contributed by atoms with E-state index < -0.39 is 91.8 Å². The van der Waals surface area contributed by atoms with Gasteiger partial charge in [-0.15, -0.1) is 0 Å². The molecule has 0 saturated carbocycles. The fourth-order valence-electron chi connectivity index (χ4n) is 6.52. The molecule has 2 aliphatic rings. The Morgan fingerprint density at radius 2 is 0.902 bits per heavy atom. The minimum absolute atomic E-state index is 0.0373. The minimum atomic E-state index is -1.98. The lowest BCUT2D eigenvalue weighted by molar-refractivity contribution is -0.336. The molecule has 0 amide bonds. The Labute approximate surface area is 349 Å². The maximum absolute atomic E-state index is 14.2. The van der Waals surface area contributed by atoms with Gasteiger partial charge in [0.1, 0.15) is 24.9 Å². The Morgan fingerprint density at radius 1 is 0.492 bits per heavy atom. The van der Waals surface area contributed by atoms with Crippen LogP contribution < -0.4 is 0 Å². The van der Waals surface area contributed by atoms with Gasteiger partial charge in [-0.3, -0.25) is 0 Å². The van der Waals surface area contributed by atoms with Crippen LogP contribution in [0.3, 0.4) is 0 Å². The van der Waals surface area contributed by atoms with Crippen molar-refractivity contribution in [1.29, 1.82) is 0 Å². The second kappa shape index (κ2) is 20.0. The van der Waals surface area contributed by atoms with Gasteiger partial charge in [0.2, 0.25) is 6.29 Å². The maximum atomic E-state index is 14.2. The number of aliphatic hydroxyl groups is 2. The molecule has 2 aliphatic heterocycles. The van der Waals surface area contributed by atoms with Crippen LogP contribution in [0.25, 0.3) is 0 Å². The molecule has 0 unspecified atom stereocenters. The number of carbonyl (C=O) groups excluding carboxylic acids is 5. The Bertz CT molecular complexity index is 2240. The van der Waals surface area contributed by atoms with Crippen molar-refractivity contribution in [3.05, 3.63) is 179 Å². The van der Waals surface area contributed by atoms with Crippen LogP contribution in [0.5, 0.6) is 0 Å². The van der Waals surface area contributed by atoms with Gasteiger partial charge in [-0.25, -0.2) is 24.0 Å². The number of hydrogen-bond donors (Lipinski definition) is 2. The summed E-state index contributed by atoms with van der Waals surface area (Å²) in [5.41, 5.74) is 0.801. The first-order chi connectivity index (χ1) is 29.7. The van der Waals surface area contributed by atoms with E-state index in [9.17, 15) is 34.2 Å². The molecule has 9 atom stereocenters. The molecule has 0 radical (unpaired) electrons. The van der Waals surface area contributed by atoms with E-state index in [0.29, 0.717) is 5.56 Å². The number of esters is 5. The molecule has 0 spiro atoms. The quantitative estimate of drug-likeness (QED) is 0.124. The molecule has 2 heterocycles. The zero-order valence-electron chi connectivity index (χ0n) is 32.2. The van der Waals surface area contributed by atoms with Gasteiger partial charge in [0.25, 0.3) is 0 Å². The Kier molecular flexibility index (Phi) is 13.9. The van der Waals surface area contributed by atoms with Crippen molar-refractivity contribution in [2.45, 2.75) is 61.9 Å². The van der Waals surface area contributed by atoms with Crippen molar-refractivity contribution in [3.8, 4) is 0 Å². The van der Waals surface area contributed by atoms with Gasteiger partial charge >= 0.3 is 29.8 Å². The molecule has 15 heteroatoms. The van der Waals surface area contributed by atoms with Gasteiger partial charge in [-0.2, -0.15) is 0 Å². The molecule has 2 saturated heterocycles. The Balaban J connectivity index is 1.32. The van der Waals surface area contributed by atoms with E-state index in [0.717, 1.165) is 0 Å². The van der Waals surface area contributed by atoms with E-state index in [-0.39, 0.29) is 28.9 Å². The van der Waals surface area contributed by atoms with Crippen molar-refractivity contribution in [2.24, 2.45) is 0 Å². The summed E-state index contributed by atoms with van der Waals surface area (Å²) in [6.07, 6.45) is -16.5. The first kappa shape index (κ1) is 42.4. The monoisotopic (exact) mass is 832 g/mol. The summed E-state index contributed by atoms with van der Waals surface area (Å²) < 4.78 is 47.6. The van der Waals surface area contributed by atoms with Gasteiger partial charge in [0, 0.05) is 0 Å². The molecular weight excluding hydrogens is 792 g/mol. The molecule has 0 aromatic heterocycles. The summed E-state index contributed by atoms with van der Waals surface area (Å²) >= 11 is 0. The summed E-state index contributed by atoms with van der Waals surface area (Å²) in [5.74, 6) is -4.97. The van der Waals surface area contributed by atoms with E-state index in [1.165, 1.54) is 48.5 Å². The number of benzene rings is 5. The van der Waals surface area contributed by atoms with Crippen molar-refractivity contribution in [2.75, 3.05) is 6.61 Å². The Hall–Kier alpha value is -6.75. The SMILES string of the molecule is O=C(O[C@H]1O[C@H](C(=O)OCc2ccccc2)[C@@H](OC(=O)c2ccccc2)[C@H](O[C@@H]2OC[C@H](O)[C@H](O)[C@@H]2OC(=O)c2ccccc2)[C@H]1OC(=O)c1ccccc1)c1ccccc1. The van der Waals surface area contributed by atoms with Crippen LogP contribution in [0.4, 0.5) is 0 Å². The molecule has 2 fully saturated rings. The molecule has 0 aliphatic carbocycles. The first-order valence-corrected chi connectivity index (χ1v) is 19.2. The molecule has 314 valence electrons. The Morgan fingerprint density at radius 3 is 1.38 bits per heavy atom. The summed E-state index contributed by atoms with van der Waals surface area (Å²) in [5, 5.41) is 21.9. The number of carbonyl (C=O) groups is 5. The molecule has 61 heavy (non-hydrogen) atoms. The van der Waals surface area contributed by atoms with E-state index in [4.69, 9.17) is 37.9 Å². The van der Waals surface area contributed by atoms with Gasteiger partial charge in [-0.05, 0) is 54.1 Å². The molecule has 15 nitrogen and oxygen atoms in total. The highest BCUT2D eigenvalue weighted by atomic mass is 16.8. The summed E-state index contributed by atoms with van der Waals surface area (Å²) in [6.45, 7) is -0.815. The maximum Gasteiger partial charge on any atom is 0.340 e. The minimum Gasteiger partial charge on any atom is -0.459 e. The third kappa shape index (κ3) is 10.5. The molecule has 5 aromatic rings. The van der Waals surface area contributed by atoms with Crippen LogP contribution >= 0.6 is 0 Å². The van der Waals surface area contributed by atoms with Gasteiger partial charge in [0.05, 0.1) is 28.9 Å². The van der Waals surface area contributed by atoms with Crippen LogP contribution in [-0.4, -0.2) is 102 Å². The number of ether oxygens (including phenoxy) is 8. The van der Waals surface area contributed by atoms with Crippen molar-refractivity contribution < 1.29 is 72.1 Å². The first-order valence-electron chi connectivity index (χ1n) is 19.2. The second-order valence-corrected chi connectivity index (χ2v) is 13.9. The van der Waals surface area contributed by atoms with Crippen LogP contribution in [-0.2, 0) is 49.3 Å². The summed E-state index contributed by atoms with van der Waals surface area (Å²) in [6, 6.07) is 39.6. The second-order valence-electron chi connectivity index (χ2n) is 13.9. The lowest BCUT2D eigenvalue weighted by Crippen LogP contribution is -2.66. The predicted molar refractivity (Wildman–Crippen MR) is 210 cm³/mol. The lowest BCUT2D eigenvalue weighted by Gasteiger charge is -2.46. The molecular formula is C46H40O15. The normalized spacial score (nSPS) is 24.7. The topological polar surface area (TPSA) is 200 Å². The van der Waals surface area contributed by atoms with Crippen LogP contribution in [0, 0.1) is 0 Å². The van der Waals surface area contributed by atoms with Gasteiger partial charge < -0.3 is 48.1 Å². The standard InChI is InChI=1S/C46H40O15/c47-33-27-55-45(35(34(33)48)56-40(49)29-18-8-2-9-19-29)59-37-36(57-41(50)30-20-10-3-11-21-30)38(44(53)54-26-28-16-6-1-7-17-28)60-46(61-43(52)32-24-14-5-15-25-32)39(37)58-42(51)31-22-12-4-13-23-31/h1-25,33-39,45-48H,26-27H2/t33-,34-,35-,36-,37-,38-,39+,45-,46+/m0/s1. The van der Waals surface area contributed by atoms with E-state index in [1.54, 1.807) is 103 Å². The molecule has 0 bridgehead atoms. The van der Waals surface area contributed by atoms with Crippen LogP contribution in [0.2, 0.25) is 0 Å². The highest BCUT2D eigenvalue weighted by Gasteiger charge is 2.58. The third-order valence-electron chi connectivity index (χ3n) is 9.66. The highest BCUT2D eigenvalue weighted by Crippen LogP contribution is 2.35. The van der Waals surface area contributed by atoms with Gasteiger partial charge in [-0.1, -0.05) is 103 Å². The summed E-state index contributed by atoms with van der Waals surface area (Å²) in [4.78, 5) is 69.1. The zero-order chi connectivity index (χ0) is 42.7. The fraction of sp³-hybridized carbons (Fsp3) is 0.239. The van der Waals surface area contributed by atoms with Crippen LogP contribution in [0.15, 0.2) is 152 Å². The highest BCUT2D eigenvalue weighted by molar-refractivity contribution is 5.91. The van der Waals surface area contributed by atoms with Crippen molar-refractivity contribution >= 4 is 29.8 Å². The van der Waals surface area contributed by atoms with Crippen LogP contribution in [0.1, 0.15) is 47.0 Å². The van der Waals surface area contributed by atoms with E-state index in [2.05, 4.69) is 0 Å². The summed E-state index contributed by atoms with van der Waals surface area (Å²) in [7, 11) is 0. The number of aliphatic hydroxyl groups excluding tert-OH is 2. The molecule has 5 aromatic carbocycles. The van der Waals surface area contributed by atoms with Crippen molar-refractivity contribution in [3.63, 3.8) is 0 Å².